The predicted molar refractivity (Wildman–Crippen MR) is 49.6 cm³/mol. The van der Waals surface area contributed by atoms with Crippen LogP contribution < -0.4 is 5.32 Å². The number of nitrogens with one attached hydrogen (secondary N) is 1. The molecule has 1 aliphatic rings. The third-order valence-corrected chi connectivity index (χ3v) is 2.47. The van der Waals surface area contributed by atoms with Crippen molar-refractivity contribution in [3.05, 3.63) is 0 Å². The van der Waals surface area contributed by atoms with Crippen LogP contribution in [0.2, 0.25) is 0 Å². The first-order chi connectivity index (χ1) is 5.25. The maximum absolute atomic E-state index is 10.7. The monoisotopic (exact) mass is 193 g/mol. The van der Waals surface area contributed by atoms with Gasteiger partial charge in [0.25, 0.3) is 0 Å². The molecule has 72 valence electrons. The summed E-state index contributed by atoms with van der Waals surface area (Å²) in [4.78, 5) is 10.7. The molecule has 1 aliphatic heterocycles. The molecule has 0 saturated carbocycles. The fourth-order valence-electron chi connectivity index (χ4n) is 1.69. The zero-order valence-corrected chi connectivity index (χ0v) is 8.06. The van der Waals surface area contributed by atoms with E-state index >= 15 is 0 Å². The van der Waals surface area contributed by atoms with E-state index < -0.39 is 5.97 Å². The van der Waals surface area contributed by atoms with Gasteiger partial charge in [0.05, 0.1) is 5.92 Å². The Labute approximate surface area is 78.9 Å². The van der Waals surface area contributed by atoms with Gasteiger partial charge in [-0.05, 0) is 18.9 Å². The van der Waals surface area contributed by atoms with E-state index in [1.54, 1.807) is 0 Å². The zero-order valence-electron chi connectivity index (χ0n) is 7.25. The van der Waals surface area contributed by atoms with Gasteiger partial charge in [0.2, 0.25) is 0 Å². The van der Waals surface area contributed by atoms with Gasteiger partial charge in [-0.2, -0.15) is 0 Å². The van der Waals surface area contributed by atoms with Crippen LogP contribution in [0.15, 0.2) is 0 Å². The second-order valence-corrected chi connectivity index (χ2v) is 3.11. The summed E-state index contributed by atoms with van der Waals surface area (Å²) in [7, 11) is 0. The largest absolute Gasteiger partial charge is 0.481 e. The summed E-state index contributed by atoms with van der Waals surface area (Å²) in [6.45, 7) is 3.68. The van der Waals surface area contributed by atoms with Gasteiger partial charge in [-0.3, -0.25) is 4.79 Å². The van der Waals surface area contributed by atoms with E-state index in [0.717, 1.165) is 19.4 Å². The lowest BCUT2D eigenvalue weighted by atomic mass is 9.85. The van der Waals surface area contributed by atoms with Gasteiger partial charge in [-0.15, -0.1) is 12.4 Å². The van der Waals surface area contributed by atoms with E-state index in [-0.39, 0.29) is 18.3 Å². The Morgan fingerprint density at radius 3 is 2.75 bits per heavy atom. The molecule has 0 aromatic carbocycles. The third-order valence-electron chi connectivity index (χ3n) is 2.47. The van der Waals surface area contributed by atoms with E-state index in [0.29, 0.717) is 12.5 Å². The summed E-state index contributed by atoms with van der Waals surface area (Å²) in [5, 5.41) is 11.9. The number of rotatable bonds is 2. The maximum atomic E-state index is 10.7. The fourth-order valence-corrected chi connectivity index (χ4v) is 1.69. The molecule has 0 aromatic rings. The third kappa shape index (κ3) is 2.64. The van der Waals surface area contributed by atoms with Gasteiger partial charge in [0.1, 0.15) is 0 Å². The minimum Gasteiger partial charge on any atom is -0.481 e. The van der Waals surface area contributed by atoms with Crippen molar-refractivity contribution < 1.29 is 9.90 Å². The first-order valence-corrected chi connectivity index (χ1v) is 4.19. The average Bonchev–Trinajstić information content (AvgIpc) is 2.04. The van der Waals surface area contributed by atoms with Crippen LogP contribution in [0, 0.1) is 11.8 Å². The highest BCUT2D eigenvalue weighted by atomic mass is 35.5. The Balaban J connectivity index is 0.00000121. The summed E-state index contributed by atoms with van der Waals surface area (Å²) in [5.41, 5.74) is 0. The first-order valence-electron chi connectivity index (χ1n) is 4.19. The van der Waals surface area contributed by atoms with Crippen LogP contribution in [0.25, 0.3) is 0 Å². The van der Waals surface area contributed by atoms with Crippen LogP contribution >= 0.6 is 12.4 Å². The van der Waals surface area contributed by atoms with Gasteiger partial charge < -0.3 is 10.4 Å². The van der Waals surface area contributed by atoms with Gasteiger partial charge in [0, 0.05) is 6.54 Å². The molecule has 0 amide bonds. The molecule has 0 aliphatic carbocycles. The van der Waals surface area contributed by atoms with Crippen molar-refractivity contribution in [2.75, 3.05) is 13.1 Å². The Kier molecular flexibility index (Phi) is 5.25. The van der Waals surface area contributed by atoms with E-state index in [9.17, 15) is 4.79 Å². The predicted octanol–water partition coefficient (Wildman–Crippen LogP) is 1.13. The summed E-state index contributed by atoms with van der Waals surface area (Å²) in [6, 6.07) is 0. The molecule has 2 N–H and O–H groups in total. The number of hydrogen-bond acceptors (Lipinski definition) is 2. The van der Waals surface area contributed by atoms with E-state index in [4.69, 9.17) is 5.11 Å². The summed E-state index contributed by atoms with van der Waals surface area (Å²) >= 11 is 0. The minimum absolute atomic E-state index is 0. The Morgan fingerprint density at radius 1 is 1.67 bits per heavy atom. The first kappa shape index (κ1) is 11.7. The molecule has 0 radical (unpaired) electrons. The Morgan fingerprint density at radius 2 is 2.33 bits per heavy atom. The van der Waals surface area contributed by atoms with Crippen LogP contribution in [0.5, 0.6) is 0 Å². The van der Waals surface area contributed by atoms with Crippen LogP contribution in [0.3, 0.4) is 0 Å². The smallest absolute Gasteiger partial charge is 0.308 e. The second kappa shape index (κ2) is 5.38. The van der Waals surface area contributed by atoms with Gasteiger partial charge >= 0.3 is 5.97 Å². The topological polar surface area (TPSA) is 49.3 Å². The lowest BCUT2D eigenvalue weighted by molar-refractivity contribution is -0.144. The molecule has 4 heteroatoms. The summed E-state index contributed by atoms with van der Waals surface area (Å²) in [6.07, 6.45) is 1.99. The molecule has 1 fully saturated rings. The van der Waals surface area contributed by atoms with Crippen LogP contribution in [-0.4, -0.2) is 24.2 Å². The molecule has 0 aromatic heterocycles. The molecule has 1 rings (SSSR count). The molecular formula is C8H16ClNO2. The number of aliphatic carboxylic acids is 1. The number of carbonyl (C=O) groups is 1. The highest BCUT2D eigenvalue weighted by Crippen LogP contribution is 2.22. The molecule has 3 nitrogen and oxygen atoms in total. The maximum Gasteiger partial charge on any atom is 0.308 e. The number of halogens is 1. The molecule has 2 unspecified atom stereocenters. The second-order valence-electron chi connectivity index (χ2n) is 3.11. The highest BCUT2D eigenvalue weighted by molar-refractivity contribution is 5.85. The lowest BCUT2D eigenvalue weighted by Gasteiger charge is -2.28. The van der Waals surface area contributed by atoms with Gasteiger partial charge in [-0.1, -0.05) is 13.3 Å². The molecule has 1 saturated heterocycles. The van der Waals surface area contributed by atoms with E-state index in [1.807, 2.05) is 0 Å². The summed E-state index contributed by atoms with van der Waals surface area (Å²) in [5.74, 6) is -0.424. The van der Waals surface area contributed by atoms with Crippen molar-refractivity contribution in [3.8, 4) is 0 Å². The van der Waals surface area contributed by atoms with Crippen molar-refractivity contribution in [1.82, 2.24) is 5.32 Å². The average molecular weight is 194 g/mol. The van der Waals surface area contributed by atoms with Gasteiger partial charge in [-0.25, -0.2) is 0 Å². The number of piperidine rings is 1. The van der Waals surface area contributed by atoms with Crippen molar-refractivity contribution in [2.45, 2.75) is 19.8 Å². The quantitative estimate of drug-likeness (QED) is 0.691. The van der Waals surface area contributed by atoms with Crippen LogP contribution in [-0.2, 0) is 4.79 Å². The zero-order chi connectivity index (χ0) is 8.27. The molecule has 2 atom stereocenters. The Hall–Kier alpha value is -0.280. The summed E-state index contributed by atoms with van der Waals surface area (Å²) < 4.78 is 0. The van der Waals surface area contributed by atoms with E-state index in [2.05, 4.69) is 12.2 Å². The molecule has 0 bridgehead atoms. The van der Waals surface area contributed by atoms with Crippen molar-refractivity contribution in [3.63, 3.8) is 0 Å². The van der Waals surface area contributed by atoms with Crippen LogP contribution in [0.4, 0.5) is 0 Å². The Bertz CT molecular complexity index is 152. The number of hydrogen-bond donors (Lipinski definition) is 2. The van der Waals surface area contributed by atoms with Crippen molar-refractivity contribution in [2.24, 2.45) is 11.8 Å². The molecule has 12 heavy (non-hydrogen) atoms. The standard InChI is InChI=1S/C8H15NO2.ClH/c1-2-6-3-4-9-5-7(6)8(10)11;/h6-7,9H,2-5H2,1H3,(H,10,11);1H. The molecule has 0 spiro atoms. The van der Waals surface area contributed by atoms with Crippen molar-refractivity contribution in [1.29, 1.82) is 0 Å². The van der Waals surface area contributed by atoms with E-state index in [1.165, 1.54) is 0 Å². The highest BCUT2D eigenvalue weighted by Gasteiger charge is 2.28. The fraction of sp³-hybridized carbons (Fsp3) is 0.875. The number of carboxylic acids is 1. The van der Waals surface area contributed by atoms with Crippen molar-refractivity contribution >= 4 is 18.4 Å². The molecule has 1 heterocycles. The normalized spacial score (nSPS) is 29.1. The minimum atomic E-state index is -0.649. The van der Waals surface area contributed by atoms with Gasteiger partial charge in [0.15, 0.2) is 0 Å². The molecular weight excluding hydrogens is 178 g/mol. The van der Waals surface area contributed by atoms with Crippen LogP contribution in [0.1, 0.15) is 19.8 Å². The SMILES string of the molecule is CCC1CCNCC1C(=O)O.Cl. The lowest BCUT2D eigenvalue weighted by Crippen LogP contribution is -2.40. The number of carboxylic acid groups (broad SMARTS) is 1.